The minimum atomic E-state index is -0.414. The lowest BCUT2D eigenvalue weighted by atomic mass is 10.1. The van der Waals surface area contributed by atoms with Gasteiger partial charge in [0.25, 0.3) is 0 Å². The molecule has 1 aliphatic rings. The van der Waals surface area contributed by atoms with E-state index in [0.717, 1.165) is 5.56 Å². The van der Waals surface area contributed by atoms with Gasteiger partial charge in [0.15, 0.2) is 0 Å². The predicted molar refractivity (Wildman–Crippen MR) is 48.8 cm³/mol. The first-order valence-electron chi connectivity index (χ1n) is 4.63. The third-order valence-corrected chi connectivity index (χ3v) is 2.31. The number of halogens is 1. The minimum Gasteiger partial charge on any atom is -0.307 e. The van der Waals surface area contributed by atoms with E-state index < -0.39 is 5.95 Å². The van der Waals surface area contributed by atoms with Crippen LogP contribution in [0.5, 0.6) is 0 Å². The zero-order valence-electron chi connectivity index (χ0n) is 7.63. The molecule has 0 bridgehead atoms. The number of hydrogen-bond acceptors (Lipinski definition) is 2. The molecule has 0 saturated heterocycles. The summed E-state index contributed by atoms with van der Waals surface area (Å²) in [4.78, 5) is 3.62. The molecule has 13 heavy (non-hydrogen) atoms. The molecule has 0 aromatic carbocycles. The van der Waals surface area contributed by atoms with Gasteiger partial charge in [0.1, 0.15) is 0 Å². The molecule has 70 valence electrons. The summed E-state index contributed by atoms with van der Waals surface area (Å²) in [5, 5.41) is 3.43. The lowest BCUT2D eigenvalue weighted by Gasteiger charge is -2.12. The smallest absolute Gasteiger partial charge is 0.212 e. The Balaban J connectivity index is 2.01. The van der Waals surface area contributed by atoms with E-state index in [1.807, 2.05) is 0 Å². The fourth-order valence-electron chi connectivity index (χ4n) is 1.34. The van der Waals surface area contributed by atoms with Crippen molar-refractivity contribution >= 4 is 0 Å². The molecule has 2 rings (SSSR count). The lowest BCUT2D eigenvalue weighted by molar-refractivity contribution is 0.554. The quantitative estimate of drug-likeness (QED) is 0.720. The topological polar surface area (TPSA) is 24.9 Å². The van der Waals surface area contributed by atoms with Gasteiger partial charge in [0.2, 0.25) is 5.95 Å². The molecule has 1 aliphatic carbocycles. The van der Waals surface area contributed by atoms with Crippen LogP contribution >= 0.6 is 0 Å². The third-order valence-electron chi connectivity index (χ3n) is 2.31. The van der Waals surface area contributed by atoms with Gasteiger partial charge in [-0.05, 0) is 31.4 Å². The van der Waals surface area contributed by atoms with Crippen molar-refractivity contribution in [3.05, 3.63) is 29.8 Å². The molecule has 0 spiro atoms. The molecule has 0 radical (unpaired) electrons. The van der Waals surface area contributed by atoms with Crippen LogP contribution in [0.2, 0.25) is 0 Å². The van der Waals surface area contributed by atoms with Crippen molar-refractivity contribution in [1.29, 1.82) is 0 Å². The van der Waals surface area contributed by atoms with E-state index in [9.17, 15) is 4.39 Å². The molecule has 1 atom stereocenters. The minimum absolute atomic E-state index is 0.278. The molecule has 1 N–H and O–H groups in total. The van der Waals surface area contributed by atoms with Gasteiger partial charge in [-0.3, -0.25) is 0 Å². The van der Waals surface area contributed by atoms with E-state index in [0.29, 0.717) is 6.04 Å². The zero-order chi connectivity index (χ0) is 9.26. The van der Waals surface area contributed by atoms with Crippen molar-refractivity contribution in [2.24, 2.45) is 0 Å². The number of aromatic nitrogens is 1. The molecular formula is C10H13FN2. The van der Waals surface area contributed by atoms with Crippen LogP contribution in [0.3, 0.4) is 0 Å². The van der Waals surface area contributed by atoms with Crippen molar-refractivity contribution in [3.63, 3.8) is 0 Å². The van der Waals surface area contributed by atoms with Crippen molar-refractivity contribution in [3.8, 4) is 0 Å². The highest BCUT2D eigenvalue weighted by Crippen LogP contribution is 2.23. The second kappa shape index (κ2) is 3.42. The Hall–Kier alpha value is -0.960. The molecule has 2 nitrogen and oxygen atoms in total. The van der Waals surface area contributed by atoms with Crippen LogP contribution in [-0.4, -0.2) is 11.0 Å². The Kier molecular flexibility index (Phi) is 2.27. The fraction of sp³-hybridized carbons (Fsp3) is 0.500. The average Bonchev–Trinajstić information content (AvgIpc) is 2.89. The molecule has 1 saturated carbocycles. The van der Waals surface area contributed by atoms with E-state index in [4.69, 9.17) is 0 Å². The summed E-state index contributed by atoms with van der Waals surface area (Å²) in [5.74, 6) is -0.414. The summed E-state index contributed by atoms with van der Waals surface area (Å²) in [5.41, 5.74) is 1.05. The molecule has 0 aliphatic heterocycles. The summed E-state index contributed by atoms with van der Waals surface area (Å²) in [7, 11) is 0. The van der Waals surface area contributed by atoms with Crippen LogP contribution in [-0.2, 0) is 0 Å². The first-order chi connectivity index (χ1) is 6.25. The Morgan fingerprint density at radius 1 is 1.54 bits per heavy atom. The van der Waals surface area contributed by atoms with Gasteiger partial charge in [-0.1, -0.05) is 6.07 Å². The maximum atomic E-state index is 12.5. The molecule has 3 heteroatoms. The normalized spacial score (nSPS) is 18.6. The molecule has 1 unspecified atom stereocenters. The van der Waals surface area contributed by atoms with E-state index in [-0.39, 0.29) is 6.04 Å². The van der Waals surface area contributed by atoms with Crippen molar-refractivity contribution < 1.29 is 4.39 Å². The standard InChI is InChI=1S/C10H13FN2/c1-7(13-9-3-4-9)8-2-5-10(11)12-6-8/h2,5-7,9,13H,3-4H2,1H3. The van der Waals surface area contributed by atoms with Crippen LogP contribution < -0.4 is 5.32 Å². The maximum absolute atomic E-state index is 12.5. The van der Waals surface area contributed by atoms with Crippen LogP contribution in [0.15, 0.2) is 18.3 Å². The summed E-state index contributed by atoms with van der Waals surface area (Å²) in [6.45, 7) is 2.08. The number of rotatable bonds is 3. The van der Waals surface area contributed by atoms with E-state index in [2.05, 4.69) is 17.2 Å². The van der Waals surface area contributed by atoms with Gasteiger partial charge in [-0.25, -0.2) is 4.98 Å². The first kappa shape index (κ1) is 8.63. The lowest BCUT2D eigenvalue weighted by Crippen LogP contribution is -2.20. The van der Waals surface area contributed by atoms with Gasteiger partial charge in [0.05, 0.1) is 0 Å². The van der Waals surface area contributed by atoms with Crippen LogP contribution in [0.1, 0.15) is 31.4 Å². The van der Waals surface area contributed by atoms with Gasteiger partial charge < -0.3 is 5.32 Å². The average molecular weight is 180 g/mol. The Morgan fingerprint density at radius 3 is 2.85 bits per heavy atom. The number of nitrogens with zero attached hydrogens (tertiary/aromatic N) is 1. The molecule has 0 amide bonds. The van der Waals surface area contributed by atoms with Gasteiger partial charge in [-0.15, -0.1) is 0 Å². The third kappa shape index (κ3) is 2.25. The Labute approximate surface area is 77.2 Å². The molecule has 1 heterocycles. The van der Waals surface area contributed by atoms with Crippen LogP contribution in [0.25, 0.3) is 0 Å². The van der Waals surface area contributed by atoms with E-state index in [1.54, 1.807) is 12.3 Å². The molecule has 1 fully saturated rings. The highest BCUT2D eigenvalue weighted by atomic mass is 19.1. The van der Waals surface area contributed by atoms with Crippen molar-refractivity contribution in [2.75, 3.05) is 0 Å². The van der Waals surface area contributed by atoms with Crippen LogP contribution in [0.4, 0.5) is 4.39 Å². The zero-order valence-corrected chi connectivity index (χ0v) is 7.63. The Bertz CT molecular complexity index is 279. The highest BCUT2D eigenvalue weighted by molar-refractivity contribution is 5.14. The monoisotopic (exact) mass is 180 g/mol. The molecule has 1 aromatic heterocycles. The maximum Gasteiger partial charge on any atom is 0.212 e. The number of hydrogen-bond donors (Lipinski definition) is 1. The summed E-state index contributed by atoms with van der Waals surface area (Å²) in [6, 6.07) is 4.13. The number of nitrogens with one attached hydrogen (secondary N) is 1. The summed E-state index contributed by atoms with van der Waals surface area (Å²) < 4.78 is 12.5. The number of pyridine rings is 1. The largest absolute Gasteiger partial charge is 0.307 e. The fourth-order valence-corrected chi connectivity index (χ4v) is 1.34. The predicted octanol–water partition coefficient (Wildman–Crippen LogP) is 2.03. The summed E-state index contributed by atoms with van der Waals surface area (Å²) in [6.07, 6.45) is 4.12. The van der Waals surface area contributed by atoms with E-state index >= 15 is 0 Å². The van der Waals surface area contributed by atoms with Crippen molar-refractivity contribution in [1.82, 2.24) is 10.3 Å². The van der Waals surface area contributed by atoms with Gasteiger partial charge in [0, 0.05) is 18.3 Å². The van der Waals surface area contributed by atoms with Gasteiger partial charge >= 0.3 is 0 Å². The SMILES string of the molecule is CC(NC1CC1)c1ccc(F)nc1. The highest BCUT2D eigenvalue weighted by Gasteiger charge is 2.23. The van der Waals surface area contributed by atoms with E-state index in [1.165, 1.54) is 18.9 Å². The second-order valence-corrected chi connectivity index (χ2v) is 3.58. The Morgan fingerprint density at radius 2 is 2.31 bits per heavy atom. The summed E-state index contributed by atoms with van der Waals surface area (Å²) >= 11 is 0. The van der Waals surface area contributed by atoms with Crippen LogP contribution in [0, 0.1) is 5.95 Å². The van der Waals surface area contributed by atoms with Gasteiger partial charge in [-0.2, -0.15) is 4.39 Å². The second-order valence-electron chi connectivity index (χ2n) is 3.58. The molecular weight excluding hydrogens is 167 g/mol. The first-order valence-corrected chi connectivity index (χ1v) is 4.63. The molecule has 1 aromatic rings. The van der Waals surface area contributed by atoms with Crippen molar-refractivity contribution in [2.45, 2.75) is 31.8 Å².